The van der Waals surface area contributed by atoms with Crippen molar-refractivity contribution >= 4 is 5.78 Å². The first-order valence-corrected chi connectivity index (χ1v) is 5.53. The molecule has 0 aliphatic rings. The van der Waals surface area contributed by atoms with E-state index in [1.165, 1.54) is 11.1 Å². The van der Waals surface area contributed by atoms with Gasteiger partial charge in [0.15, 0.2) is 5.82 Å². The van der Waals surface area contributed by atoms with E-state index in [4.69, 9.17) is 0 Å². The molecule has 0 saturated carbocycles. The second kappa shape index (κ2) is 5.34. The van der Waals surface area contributed by atoms with Gasteiger partial charge in [-0.05, 0) is 18.9 Å². The average Bonchev–Trinajstić information content (AvgIpc) is 2.79. The molecule has 0 bridgehead atoms. The summed E-state index contributed by atoms with van der Waals surface area (Å²) in [6, 6.07) is 8.19. The van der Waals surface area contributed by atoms with Gasteiger partial charge in [-0.2, -0.15) is 5.21 Å². The molecule has 1 aromatic heterocycles. The number of nitrogens with zero attached hydrogens (tertiary/aromatic N) is 3. The van der Waals surface area contributed by atoms with Crippen molar-refractivity contribution in [3.05, 3.63) is 41.2 Å². The first-order chi connectivity index (χ1) is 8.24. The molecule has 2 aromatic rings. The van der Waals surface area contributed by atoms with E-state index in [0.717, 1.165) is 6.42 Å². The molecule has 5 nitrogen and oxygen atoms in total. The Morgan fingerprint density at radius 3 is 3.00 bits per heavy atom. The lowest BCUT2D eigenvalue weighted by Crippen LogP contribution is -2.05. The van der Waals surface area contributed by atoms with Crippen LogP contribution in [0.3, 0.4) is 0 Å². The van der Waals surface area contributed by atoms with Crippen LogP contribution in [-0.2, 0) is 17.6 Å². The highest BCUT2D eigenvalue weighted by molar-refractivity contribution is 5.80. The van der Waals surface area contributed by atoms with E-state index in [0.29, 0.717) is 12.2 Å². The Kier molecular flexibility index (Phi) is 3.59. The van der Waals surface area contributed by atoms with Crippen LogP contribution in [0.2, 0.25) is 0 Å². The Hall–Kier alpha value is -2.04. The summed E-state index contributed by atoms with van der Waals surface area (Å²) in [6.45, 7) is 2.05. The SMILES string of the molecule is Cc1cccc(CCC(=O)Cc2nn[nH]n2)c1. The maximum atomic E-state index is 11.6. The minimum atomic E-state index is 0.132. The summed E-state index contributed by atoms with van der Waals surface area (Å²) in [5.74, 6) is 0.590. The summed E-state index contributed by atoms with van der Waals surface area (Å²) in [4.78, 5) is 11.6. The lowest BCUT2D eigenvalue weighted by molar-refractivity contribution is -0.118. The van der Waals surface area contributed by atoms with Crippen molar-refractivity contribution in [1.29, 1.82) is 0 Å². The number of nitrogens with one attached hydrogen (secondary N) is 1. The van der Waals surface area contributed by atoms with Gasteiger partial charge in [-0.3, -0.25) is 4.79 Å². The van der Waals surface area contributed by atoms with Crippen LogP contribution in [0, 0.1) is 6.92 Å². The summed E-state index contributed by atoms with van der Waals surface area (Å²) >= 11 is 0. The number of hydrogen-bond donors (Lipinski definition) is 1. The number of hydrogen-bond acceptors (Lipinski definition) is 4. The van der Waals surface area contributed by atoms with Gasteiger partial charge in [-0.15, -0.1) is 10.2 Å². The van der Waals surface area contributed by atoms with Crippen molar-refractivity contribution in [1.82, 2.24) is 20.6 Å². The van der Waals surface area contributed by atoms with Crippen molar-refractivity contribution in [2.24, 2.45) is 0 Å². The van der Waals surface area contributed by atoms with Gasteiger partial charge in [0.2, 0.25) is 0 Å². The number of benzene rings is 1. The Morgan fingerprint density at radius 2 is 2.29 bits per heavy atom. The highest BCUT2D eigenvalue weighted by atomic mass is 16.1. The Balaban J connectivity index is 1.84. The molecular weight excluding hydrogens is 216 g/mol. The summed E-state index contributed by atoms with van der Waals surface area (Å²) in [5.41, 5.74) is 2.40. The second-order valence-corrected chi connectivity index (χ2v) is 4.03. The molecule has 5 heteroatoms. The summed E-state index contributed by atoms with van der Waals surface area (Å²) in [7, 11) is 0. The van der Waals surface area contributed by atoms with Crippen LogP contribution in [0.5, 0.6) is 0 Å². The van der Waals surface area contributed by atoms with Crippen LogP contribution < -0.4 is 0 Å². The lowest BCUT2D eigenvalue weighted by atomic mass is 10.0. The fourth-order valence-electron chi connectivity index (χ4n) is 1.67. The molecule has 0 amide bonds. The molecule has 0 saturated heterocycles. The third kappa shape index (κ3) is 3.48. The molecule has 0 atom stereocenters. The van der Waals surface area contributed by atoms with E-state index < -0.39 is 0 Å². The molecule has 1 aromatic carbocycles. The molecule has 0 unspecified atom stereocenters. The average molecular weight is 230 g/mol. The highest BCUT2D eigenvalue weighted by Gasteiger charge is 2.07. The van der Waals surface area contributed by atoms with Crippen molar-refractivity contribution in [3.63, 3.8) is 0 Å². The maximum absolute atomic E-state index is 11.6. The predicted octanol–water partition coefficient (Wildman–Crippen LogP) is 1.25. The fourth-order valence-corrected chi connectivity index (χ4v) is 1.67. The van der Waals surface area contributed by atoms with E-state index >= 15 is 0 Å². The van der Waals surface area contributed by atoms with E-state index in [-0.39, 0.29) is 12.2 Å². The smallest absolute Gasteiger partial charge is 0.181 e. The molecule has 1 heterocycles. The Bertz CT molecular complexity index is 493. The van der Waals surface area contributed by atoms with Crippen LogP contribution in [0.15, 0.2) is 24.3 Å². The number of carbonyl (C=O) groups is 1. The number of carbonyl (C=O) groups excluding carboxylic acids is 1. The van der Waals surface area contributed by atoms with Crippen molar-refractivity contribution in [2.75, 3.05) is 0 Å². The van der Waals surface area contributed by atoms with Crippen molar-refractivity contribution < 1.29 is 4.79 Å². The Labute approximate surface area is 99.2 Å². The molecule has 0 fully saturated rings. The largest absolute Gasteiger partial charge is 0.299 e. The topological polar surface area (TPSA) is 71.5 Å². The first kappa shape index (κ1) is 11.4. The number of H-pyrrole nitrogens is 1. The van der Waals surface area contributed by atoms with E-state index in [1.807, 2.05) is 25.1 Å². The van der Waals surface area contributed by atoms with E-state index in [1.54, 1.807) is 0 Å². The van der Waals surface area contributed by atoms with Crippen LogP contribution in [0.1, 0.15) is 23.4 Å². The van der Waals surface area contributed by atoms with Gasteiger partial charge in [0, 0.05) is 6.42 Å². The quantitative estimate of drug-likeness (QED) is 0.839. The number of Topliss-reactive ketones (excluding diaryl/α,β-unsaturated/α-hetero) is 1. The number of tetrazole rings is 1. The van der Waals surface area contributed by atoms with Gasteiger partial charge in [-0.25, -0.2) is 0 Å². The minimum absolute atomic E-state index is 0.132. The molecule has 0 aliphatic carbocycles. The minimum Gasteiger partial charge on any atom is -0.299 e. The normalized spacial score (nSPS) is 10.4. The van der Waals surface area contributed by atoms with Gasteiger partial charge in [-0.1, -0.05) is 35.0 Å². The molecule has 88 valence electrons. The summed E-state index contributed by atoms with van der Waals surface area (Å²) in [5, 5.41) is 13.3. The zero-order valence-electron chi connectivity index (χ0n) is 9.68. The number of aryl methyl sites for hydroxylation is 2. The van der Waals surface area contributed by atoms with Gasteiger partial charge in [0.1, 0.15) is 5.78 Å². The molecule has 0 aliphatic heterocycles. The van der Waals surface area contributed by atoms with Crippen molar-refractivity contribution in [2.45, 2.75) is 26.2 Å². The number of aromatic amines is 1. The molecule has 1 N–H and O–H groups in total. The van der Waals surface area contributed by atoms with E-state index in [9.17, 15) is 4.79 Å². The monoisotopic (exact) mass is 230 g/mol. The van der Waals surface area contributed by atoms with Crippen LogP contribution in [0.25, 0.3) is 0 Å². The second-order valence-electron chi connectivity index (χ2n) is 4.03. The number of aromatic nitrogens is 4. The van der Waals surface area contributed by atoms with Crippen LogP contribution >= 0.6 is 0 Å². The molecular formula is C12H14N4O. The van der Waals surface area contributed by atoms with Crippen molar-refractivity contribution in [3.8, 4) is 0 Å². The number of rotatable bonds is 5. The predicted molar refractivity (Wildman–Crippen MR) is 62.4 cm³/mol. The van der Waals surface area contributed by atoms with Crippen LogP contribution in [-0.4, -0.2) is 26.4 Å². The summed E-state index contributed by atoms with van der Waals surface area (Å²) < 4.78 is 0. The Morgan fingerprint density at radius 1 is 1.41 bits per heavy atom. The highest BCUT2D eigenvalue weighted by Crippen LogP contribution is 2.07. The zero-order valence-corrected chi connectivity index (χ0v) is 9.68. The first-order valence-electron chi connectivity index (χ1n) is 5.53. The zero-order chi connectivity index (χ0) is 12.1. The maximum Gasteiger partial charge on any atom is 0.181 e. The van der Waals surface area contributed by atoms with Gasteiger partial charge < -0.3 is 0 Å². The van der Waals surface area contributed by atoms with Gasteiger partial charge >= 0.3 is 0 Å². The van der Waals surface area contributed by atoms with E-state index in [2.05, 4.69) is 26.7 Å². The molecule has 2 rings (SSSR count). The molecule has 0 radical (unpaired) electrons. The standard InChI is InChI=1S/C12H14N4O/c1-9-3-2-4-10(7-9)5-6-11(17)8-12-13-15-16-14-12/h2-4,7H,5-6,8H2,1H3,(H,13,14,15,16). The number of ketones is 1. The van der Waals surface area contributed by atoms with Gasteiger partial charge in [0.25, 0.3) is 0 Å². The fraction of sp³-hybridized carbons (Fsp3) is 0.333. The van der Waals surface area contributed by atoms with Gasteiger partial charge in [0.05, 0.1) is 6.42 Å². The van der Waals surface area contributed by atoms with Crippen LogP contribution in [0.4, 0.5) is 0 Å². The third-order valence-corrected chi connectivity index (χ3v) is 2.52. The molecule has 17 heavy (non-hydrogen) atoms. The lowest BCUT2D eigenvalue weighted by Gasteiger charge is -2.01. The summed E-state index contributed by atoms with van der Waals surface area (Å²) in [6.07, 6.45) is 1.53. The molecule has 0 spiro atoms. The third-order valence-electron chi connectivity index (χ3n) is 2.52.